The fourth-order valence-corrected chi connectivity index (χ4v) is 3.40. The molecule has 8 nitrogen and oxygen atoms in total. The summed E-state index contributed by atoms with van der Waals surface area (Å²) in [6, 6.07) is 12.7. The van der Waals surface area contributed by atoms with Crippen LogP contribution in [-0.4, -0.2) is 54.1 Å². The molecule has 2 aromatic heterocycles. The summed E-state index contributed by atoms with van der Waals surface area (Å²) in [6.45, 7) is 2.10. The quantitative estimate of drug-likeness (QED) is 0.618. The minimum atomic E-state index is -0.162. The number of benzene rings is 1. The van der Waals surface area contributed by atoms with Crippen LogP contribution in [0, 0.1) is 0 Å². The molecule has 30 heavy (non-hydrogen) atoms. The predicted octanol–water partition coefficient (Wildman–Crippen LogP) is 2.14. The number of hydrogen-bond donors (Lipinski definition) is 0. The van der Waals surface area contributed by atoms with Gasteiger partial charge in [-0.15, -0.1) is 0 Å². The first-order valence-corrected chi connectivity index (χ1v) is 9.76. The molecule has 1 aromatic carbocycles. The Balaban J connectivity index is 1.52. The van der Waals surface area contributed by atoms with Gasteiger partial charge in [-0.05, 0) is 24.3 Å². The molecule has 0 amide bonds. The Hall–Kier alpha value is -3.39. The van der Waals surface area contributed by atoms with Crippen LogP contribution in [0.5, 0.6) is 11.5 Å². The molecule has 3 heterocycles. The van der Waals surface area contributed by atoms with Crippen LogP contribution in [0.4, 0.5) is 5.95 Å². The van der Waals surface area contributed by atoms with E-state index in [1.54, 1.807) is 37.2 Å². The minimum Gasteiger partial charge on any atom is -0.493 e. The van der Waals surface area contributed by atoms with Gasteiger partial charge < -0.3 is 19.1 Å². The number of hydrogen-bond acceptors (Lipinski definition) is 7. The van der Waals surface area contributed by atoms with Gasteiger partial charge in [0.2, 0.25) is 5.95 Å². The third kappa shape index (κ3) is 4.28. The fraction of sp³-hybridized carbons (Fsp3) is 0.318. The zero-order valence-corrected chi connectivity index (χ0v) is 17.0. The highest BCUT2D eigenvalue weighted by molar-refractivity contribution is 5.59. The van der Waals surface area contributed by atoms with Gasteiger partial charge in [-0.3, -0.25) is 14.3 Å². The van der Waals surface area contributed by atoms with Crippen LogP contribution in [0.25, 0.3) is 11.3 Å². The molecule has 0 aliphatic carbocycles. The molecule has 0 spiro atoms. The van der Waals surface area contributed by atoms with Gasteiger partial charge in [-0.25, -0.2) is 4.98 Å². The van der Waals surface area contributed by atoms with Crippen molar-refractivity contribution in [3.63, 3.8) is 0 Å². The molecule has 1 unspecified atom stereocenters. The lowest BCUT2D eigenvalue weighted by Crippen LogP contribution is -2.47. The first kappa shape index (κ1) is 19.9. The van der Waals surface area contributed by atoms with Crippen LogP contribution in [0.15, 0.2) is 59.7 Å². The Bertz CT molecular complexity index is 1050. The number of aromatic nitrogens is 3. The topological polar surface area (TPSA) is 78.7 Å². The summed E-state index contributed by atoms with van der Waals surface area (Å²) in [4.78, 5) is 23.4. The molecule has 1 atom stereocenters. The highest BCUT2D eigenvalue weighted by Crippen LogP contribution is 2.26. The van der Waals surface area contributed by atoms with Gasteiger partial charge >= 0.3 is 0 Å². The Morgan fingerprint density at radius 3 is 2.70 bits per heavy atom. The van der Waals surface area contributed by atoms with Gasteiger partial charge in [-0.2, -0.15) is 0 Å². The molecule has 1 aliphatic rings. The van der Waals surface area contributed by atoms with Crippen molar-refractivity contribution in [2.75, 3.05) is 38.3 Å². The summed E-state index contributed by atoms with van der Waals surface area (Å²) in [5.41, 5.74) is 1.37. The van der Waals surface area contributed by atoms with Crippen LogP contribution in [0.1, 0.15) is 0 Å². The van der Waals surface area contributed by atoms with Gasteiger partial charge in [0.25, 0.3) is 5.56 Å². The number of methoxy groups -OCH3 is 1. The number of rotatable bonds is 6. The summed E-state index contributed by atoms with van der Waals surface area (Å²) >= 11 is 0. The summed E-state index contributed by atoms with van der Waals surface area (Å²) in [5.74, 6) is 1.96. The van der Waals surface area contributed by atoms with Crippen molar-refractivity contribution in [2.45, 2.75) is 6.10 Å². The van der Waals surface area contributed by atoms with Crippen molar-refractivity contribution in [3.05, 3.63) is 65.2 Å². The molecule has 0 bridgehead atoms. The fourth-order valence-electron chi connectivity index (χ4n) is 3.40. The van der Waals surface area contributed by atoms with Gasteiger partial charge in [0.05, 0.1) is 26.0 Å². The average Bonchev–Trinajstić information content (AvgIpc) is 2.80. The normalized spacial score (nSPS) is 16.3. The predicted molar refractivity (Wildman–Crippen MR) is 113 cm³/mol. The molecule has 1 aliphatic heterocycles. The van der Waals surface area contributed by atoms with Crippen molar-refractivity contribution < 1.29 is 14.2 Å². The molecule has 1 fully saturated rings. The molecular weight excluding hydrogens is 384 g/mol. The van der Waals surface area contributed by atoms with E-state index in [0.29, 0.717) is 49.4 Å². The van der Waals surface area contributed by atoms with E-state index in [-0.39, 0.29) is 11.7 Å². The van der Waals surface area contributed by atoms with E-state index >= 15 is 0 Å². The van der Waals surface area contributed by atoms with Crippen molar-refractivity contribution in [2.24, 2.45) is 7.05 Å². The van der Waals surface area contributed by atoms with Gasteiger partial charge in [-0.1, -0.05) is 12.1 Å². The summed E-state index contributed by atoms with van der Waals surface area (Å²) < 4.78 is 18.7. The van der Waals surface area contributed by atoms with E-state index in [1.165, 1.54) is 0 Å². The SMILES string of the molecule is COc1ccccc1OCC1CN(c2nc(-c3ccncc3)cc(=O)n2C)CCO1. The van der Waals surface area contributed by atoms with Crippen LogP contribution >= 0.6 is 0 Å². The van der Waals surface area contributed by atoms with E-state index in [4.69, 9.17) is 19.2 Å². The van der Waals surface area contributed by atoms with Gasteiger partial charge in [0.15, 0.2) is 11.5 Å². The lowest BCUT2D eigenvalue weighted by atomic mass is 10.2. The van der Waals surface area contributed by atoms with E-state index in [9.17, 15) is 4.79 Å². The number of anilines is 1. The summed E-state index contributed by atoms with van der Waals surface area (Å²) in [7, 11) is 3.35. The van der Waals surface area contributed by atoms with Crippen LogP contribution in [0.3, 0.4) is 0 Å². The maximum absolute atomic E-state index is 12.6. The molecule has 8 heteroatoms. The van der Waals surface area contributed by atoms with E-state index in [2.05, 4.69) is 9.88 Å². The maximum Gasteiger partial charge on any atom is 0.255 e. The second kappa shape index (κ2) is 8.96. The van der Waals surface area contributed by atoms with Crippen LogP contribution in [0.2, 0.25) is 0 Å². The van der Waals surface area contributed by atoms with Crippen molar-refractivity contribution in [1.29, 1.82) is 0 Å². The Kier molecular flexibility index (Phi) is 5.94. The number of ether oxygens (including phenoxy) is 3. The molecule has 156 valence electrons. The van der Waals surface area contributed by atoms with Crippen molar-refractivity contribution >= 4 is 5.95 Å². The number of para-hydroxylation sites is 2. The molecule has 0 N–H and O–H groups in total. The number of nitrogens with zero attached hydrogens (tertiary/aromatic N) is 4. The average molecular weight is 408 g/mol. The summed E-state index contributed by atoms with van der Waals surface area (Å²) in [5, 5.41) is 0. The zero-order chi connectivity index (χ0) is 20.9. The highest BCUT2D eigenvalue weighted by atomic mass is 16.5. The molecule has 1 saturated heterocycles. The van der Waals surface area contributed by atoms with Crippen molar-refractivity contribution in [1.82, 2.24) is 14.5 Å². The second-order valence-corrected chi connectivity index (χ2v) is 6.98. The Morgan fingerprint density at radius 1 is 1.17 bits per heavy atom. The van der Waals surface area contributed by atoms with Gasteiger partial charge in [0.1, 0.15) is 12.7 Å². The second-order valence-electron chi connectivity index (χ2n) is 6.98. The first-order chi connectivity index (χ1) is 14.7. The molecule has 0 radical (unpaired) electrons. The molecule has 3 aromatic rings. The maximum atomic E-state index is 12.6. The Morgan fingerprint density at radius 2 is 1.93 bits per heavy atom. The van der Waals surface area contributed by atoms with E-state index in [1.807, 2.05) is 36.4 Å². The highest BCUT2D eigenvalue weighted by Gasteiger charge is 2.25. The summed E-state index contributed by atoms with van der Waals surface area (Å²) in [6.07, 6.45) is 3.22. The smallest absolute Gasteiger partial charge is 0.255 e. The third-order valence-electron chi connectivity index (χ3n) is 5.00. The molecule has 0 saturated carbocycles. The third-order valence-corrected chi connectivity index (χ3v) is 5.00. The Labute approximate surface area is 174 Å². The standard InChI is InChI=1S/C22H24N4O4/c1-25-21(27)13-18(16-7-9-23-10-8-16)24-22(25)26-11-12-29-17(14-26)15-30-20-6-4-3-5-19(20)28-2/h3-10,13,17H,11-12,14-15H2,1-2H3. The molecular formula is C22H24N4O4. The lowest BCUT2D eigenvalue weighted by Gasteiger charge is -2.34. The lowest BCUT2D eigenvalue weighted by molar-refractivity contribution is 0.00911. The number of morpholine rings is 1. The van der Waals surface area contributed by atoms with Crippen LogP contribution in [-0.2, 0) is 11.8 Å². The first-order valence-electron chi connectivity index (χ1n) is 9.76. The van der Waals surface area contributed by atoms with E-state index < -0.39 is 0 Å². The van der Waals surface area contributed by atoms with E-state index in [0.717, 1.165) is 5.56 Å². The van der Waals surface area contributed by atoms with Gasteiger partial charge in [0, 0.05) is 37.6 Å². The largest absolute Gasteiger partial charge is 0.493 e. The molecule has 4 rings (SSSR count). The number of pyridine rings is 1. The van der Waals surface area contributed by atoms with Crippen LogP contribution < -0.4 is 19.9 Å². The minimum absolute atomic E-state index is 0.111. The monoisotopic (exact) mass is 408 g/mol. The van der Waals surface area contributed by atoms with Crippen molar-refractivity contribution in [3.8, 4) is 22.8 Å². The zero-order valence-electron chi connectivity index (χ0n) is 17.0.